The molecule has 142 valence electrons. The van der Waals surface area contributed by atoms with E-state index in [9.17, 15) is 9.90 Å². The van der Waals surface area contributed by atoms with E-state index in [4.69, 9.17) is 4.42 Å². The molecule has 0 atom stereocenters. The number of aromatic hydroxyl groups is 1. The molecule has 0 saturated heterocycles. The van der Waals surface area contributed by atoms with Gasteiger partial charge < -0.3 is 14.8 Å². The van der Waals surface area contributed by atoms with Gasteiger partial charge in [-0.05, 0) is 31.2 Å². The number of phenolic OH excluding ortho intramolecular Hbond substituents is 1. The number of hydrogen-bond acceptors (Lipinski definition) is 6. The van der Waals surface area contributed by atoms with Crippen molar-refractivity contribution in [2.75, 3.05) is 11.1 Å². The van der Waals surface area contributed by atoms with E-state index in [0.29, 0.717) is 29.0 Å². The van der Waals surface area contributed by atoms with Crippen LogP contribution < -0.4 is 5.32 Å². The fraction of sp³-hybridized carbons (Fsp3) is 0.150. The number of rotatable bonds is 6. The van der Waals surface area contributed by atoms with Gasteiger partial charge in [-0.2, -0.15) is 0 Å². The lowest BCUT2D eigenvalue weighted by Crippen LogP contribution is -2.14. The normalized spacial score (nSPS) is 11.0. The molecule has 0 spiro atoms. The number of anilines is 1. The predicted octanol–water partition coefficient (Wildman–Crippen LogP) is 4.15. The second-order valence-electron chi connectivity index (χ2n) is 6.05. The minimum atomic E-state index is -0.234. The number of carbonyl (C=O) groups is 1. The molecule has 0 bridgehead atoms. The number of para-hydroxylation sites is 3. The Morgan fingerprint density at radius 2 is 1.96 bits per heavy atom. The minimum absolute atomic E-state index is 0.0322. The Bertz CT molecular complexity index is 1100. The third-order valence-corrected chi connectivity index (χ3v) is 5.16. The second-order valence-corrected chi connectivity index (χ2v) is 7.00. The smallest absolute Gasteiger partial charge is 0.234 e. The van der Waals surface area contributed by atoms with Crippen molar-refractivity contribution >= 4 is 34.3 Å². The first-order valence-electron chi connectivity index (χ1n) is 8.78. The van der Waals surface area contributed by atoms with Crippen molar-refractivity contribution < 1.29 is 14.3 Å². The van der Waals surface area contributed by atoms with Gasteiger partial charge in [0, 0.05) is 11.9 Å². The highest BCUT2D eigenvalue weighted by Crippen LogP contribution is 2.29. The molecule has 0 aliphatic rings. The van der Waals surface area contributed by atoms with Crippen molar-refractivity contribution in [1.29, 1.82) is 0 Å². The van der Waals surface area contributed by atoms with Gasteiger partial charge in [0.15, 0.2) is 10.9 Å². The van der Waals surface area contributed by atoms with Crippen LogP contribution in [-0.4, -0.2) is 31.5 Å². The molecule has 0 aliphatic heterocycles. The van der Waals surface area contributed by atoms with Crippen LogP contribution in [0.1, 0.15) is 6.92 Å². The Hall–Kier alpha value is -3.26. The van der Waals surface area contributed by atoms with Crippen LogP contribution in [0.2, 0.25) is 0 Å². The summed E-state index contributed by atoms with van der Waals surface area (Å²) in [6, 6.07) is 16.3. The summed E-state index contributed by atoms with van der Waals surface area (Å²) in [7, 11) is 0. The van der Waals surface area contributed by atoms with Crippen LogP contribution in [0.25, 0.3) is 22.6 Å². The van der Waals surface area contributed by atoms with Crippen molar-refractivity contribution in [2.24, 2.45) is 0 Å². The molecule has 0 radical (unpaired) electrons. The van der Waals surface area contributed by atoms with Crippen LogP contribution in [0.5, 0.6) is 5.75 Å². The molecule has 28 heavy (non-hydrogen) atoms. The van der Waals surface area contributed by atoms with Gasteiger partial charge in [-0.25, -0.2) is 0 Å². The van der Waals surface area contributed by atoms with Gasteiger partial charge in [0.25, 0.3) is 0 Å². The van der Waals surface area contributed by atoms with Crippen LogP contribution >= 0.6 is 11.8 Å². The lowest BCUT2D eigenvalue weighted by molar-refractivity contribution is -0.113. The van der Waals surface area contributed by atoms with E-state index in [-0.39, 0.29) is 17.4 Å². The molecule has 1 amide bonds. The van der Waals surface area contributed by atoms with E-state index < -0.39 is 0 Å². The highest BCUT2D eigenvalue weighted by atomic mass is 32.2. The van der Waals surface area contributed by atoms with Crippen molar-refractivity contribution in [3.63, 3.8) is 0 Å². The van der Waals surface area contributed by atoms with E-state index in [1.807, 2.05) is 41.8 Å². The van der Waals surface area contributed by atoms with Crippen LogP contribution in [-0.2, 0) is 11.3 Å². The van der Waals surface area contributed by atoms with Crippen molar-refractivity contribution in [1.82, 2.24) is 14.8 Å². The molecule has 2 aromatic carbocycles. The lowest BCUT2D eigenvalue weighted by atomic mass is 10.2. The first kappa shape index (κ1) is 18.1. The largest absolute Gasteiger partial charge is 0.506 e. The van der Waals surface area contributed by atoms with Crippen LogP contribution in [0.15, 0.2) is 64.2 Å². The summed E-state index contributed by atoms with van der Waals surface area (Å²) in [5, 5.41) is 22.5. The van der Waals surface area contributed by atoms with E-state index >= 15 is 0 Å². The standard InChI is InChI=1S/C20H18N4O3S/c1-2-24-19(17-11-13-7-3-6-10-16(13)27-17)22-23-20(24)28-12-18(26)21-14-8-4-5-9-15(14)25/h3-11,25H,2,12H2,1H3,(H,21,26). The van der Waals surface area contributed by atoms with Gasteiger partial charge in [-0.1, -0.05) is 42.1 Å². The third kappa shape index (κ3) is 3.59. The summed E-state index contributed by atoms with van der Waals surface area (Å²) in [5.41, 5.74) is 1.17. The molecule has 0 aliphatic carbocycles. The zero-order valence-electron chi connectivity index (χ0n) is 15.1. The maximum absolute atomic E-state index is 12.2. The molecule has 0 unspecified atom stereocenters. The number of carbonyl (C=O) groups excluding carboxylic acids is 1. The number of hydrogen-bond donors (Lipinski definition) is 2. The number of nitrogens with zero attached hydrogens (tertiary/aromatic N) is 3. The molecule has 0 fully saturated rings. The SMILES string of the molecule is CCn1c(SCC(=O)Nc2ccccc2O)nnc1-c1cc2ccccc2o1. The molecule has 0 saturated carbocycles. The fourth-order valence-corrected chi connectivity index (χ4v) is 3.65. The summed E-state index contributed by atoms with van der Waals surface area (Å²) in [6.45, 7) is 2.63. The van der Waals surface area contributed by atoms with Gasteiger partial charge in [0.05, 0.1) is 11.4 Å². The van der Waals surface area contributed by atoms with Gasteiger partial charge in [0.2, 0.25) is 11.7 Å². The number of phenols is 1. The average Bonchev–Trinajstić information content (AvgIpc) is 3.31. The molecule has 2 N–H and O–H groups in total. The molecular weight excluding hydrogens is 376 g/mol. The number of furan rings is 1. The highest BCUT2D eigenvalue weighted by molar-refractivity contribution is 7.99. The van der Waals surface area contributed by atoms with E-state index in [2.05, 4.69) is 15.5 Å². The summed E-state index contributed by atoms with van der Waals surface area (Å²) >= 11 is 1.28. The Kier molecular flexibility index (Phi) is 5.03. The monoisotopic (exact) mass is 394 g/mol. The number of aromatic nitrogens is 3. The minimum Gasteiger partial charge on any atom is -0.506 e. The zero-order valence-corrected chi connectivity index (χ0v) is 15.9. The van der Waals surface area contributed by atoms with Crippen molar-refractivity contribution in [3.05, 3.63) is 54.6 Å². The van der Waals surface area contributed by atoms with Gasteiger partial charge in [-0.15, -0.1) is 10.2 Å². The molecular formula is C20H18N4O3S. The van der Waals surface area contributed by atoms with E-state index in [1.54, 1.807) is 18.2 Å². The summed E-state index contributed by atoms with van der Waals surface area (Å²) in [4.78, 5) is 12.2. The zero-order chi connectivity index (χ0) is 19.5. The summed E-state index contributed by atoms with van der Waals surface area (Å²) in [6.07, 6.45) is 0. The maximum Gasteiger partial charge on any atom is 0.234 e. The van der Waals surface area contributed by atoms with Gasteiger partial charge >= 0.3 is 0 Å². The quantitative estimate of drug-likeness (QED) is 0.377. The number of nitrogens with one attached hydrogen (secondary N) is 1. The Labute approximate surface area is 165 Å². The summed E-state index contributed by atoms with van der Waals surface area (Å²) < 4.78 is 7.80. The highest BCUT2D eigenvalue weighted by Gasteiger charge is 2.18. The Morgan fingerprint density at radius 3 is 2.75 bits per heavy atom. The number of fused-ring (bicyclic) bond motifs is 1. The molecule has 4 aromatic rings. The molecule has 2 heterocycles. The van der Waals surface area contributed by atoms with Gasteiger partial charge in [0.1, 0.15) is 11.3 Å². The van der Waals surface area contributed by atoms with Crippen molar-refractivity contribution in [2.45, 2.75) is 18.6 Å². The van der Waals surface area contributed by atoms with Crippen molar-refractivity contribution in [3.8, 4) is 17.3 Å². The Morgan fingerprint density at radius 1 is 1.18 bits per heavy atom. The lowest BCUT2D eigenvalue weighted by Gasteiger charge is -2.07. The average molecular weight is 394 g/mol. The number of amides is 1. The van der Waals surface area contributed by atoms with E-state index in [0.717, 1.165) is 11.0 Å². The third-order valence-electron chi connectivity index (χ3n) is 4.19. The van der Waals surface area contributed by atoms with Gasteiger partial charge in [-0.3, -0.25) is 9.36 Å². The molecule has 8 heteroatoms. The molecule has 7 nitrogen and oxygen atoms in total. The summed E-state index contributed by atoms with van der Waals surface area (Å²) in [5.74, 6) is 1.21. The van der Waals surface area contributed by atoms with Crippen LogP contribution in [0.3, 0.4) is 0 Å². The second kappa shape index (κ2) is 7.77. The predicted molar refractivity (Wildman–Crippen MR) is 108 cm³/mol. The Balaban J connectivity index is 1.50. The number of benzene rings is 2. The van der Waals surface area contributed by atoms with Crippen LogP contribution in [0.4, 0.5) is 5.69 Å². The number of thioether (sulfide) groups is 1. The molecule has 4 rings (SSSR count). The van der Waals surface area contributed by atoms with E-state index in [1.165, 1.54) is 17.8 Å². The topological polar surface area (TPSA) is 93.2 Å². The maximum atomic E-state index is 12.2. The first-order chi connectivity index (χ1) is 13.7. The fourth-order valence-electron chi connectivity index (χ4n) is 2.85. The molecule has 2 aromatic heterocycles. The first-order valence-corrected chi connectivity index (χ1v) is 9.77. The van der Waals surface area contributed by atoms with Crippen LogP contribution in [0, 0.1) is 0 Å².